The second-order valence-electron chi connectivity index (χ2n) is 4.31. The van der Waals surface area contributed by atoms with Gasteiger partial charge in [-0.1, -0.05) is 6.92 Å². The summed E-state index contributed by atoms with van der Waals surface area (Å²) in [6.45, 7) is 2.65. The SMILES string of the molecule is CCC1CCCN1S(=O)(=O)c1c[nH]c(CCl)c1. The zero-order chi connectivity index (χ0) is 12.5. The molecule has 1 aromatic heterocycles. The maximum Gasteiger partial charge on any atom is 0.244 e. The third kappa shape index (κ3) is 2.37. The molecule has 96 valence electrons. The van der Waals surface area contributed by atoms with Crippen molar-refractivity contribution in [2.24, 2.45) is 0 Å². The molecule has 0 aliphatic carbocycles. The molecule has 17 heavy (non-hydrogen) atoms. The summed E-state index contributed by atoms with van der Waals surface area (Å²) in [4.78, 5) is 3.21. The van der Waals surface area contributed by atoms with E-state index in [1.54, 1.807) is 10.4 Å². The fourth-order valence-electron chi connectivity index (χ4n) is 2.31. The lowest BCUT2D eigenvalue weighted by molar-refractivity contribution is 0.379. The van der Waals surface area contributed by atoms with Crippen LogP contribution < -0.4 is 0 Å². The number of rotatable bonds is 4. The summed E-state index contributed by atoms with van der Waals surface area (Å²) in [7, 11) is -3.35. The number of hydrogen-bond donors (Lipinski definition) is 1. The first-order valence-corrected chi connectivity index (χ1v) is 7.82. The Balaban J connectivity index is 2.29. The minimum Gasteiger partial charge on any atom is -0.363 e. The fourth-order valence-corrected chi connectivity index (χ4v) is 4.25. The van der Waals surface area contributed by atoms with Crippen LogP contribution in [0, 0.1) is 0 Å². The maximum atomic E-state index is 12.4. The van der Waals surface area contributed by atoms with Crippen molar-refractivity contribution in [2.75, 3.05) is 6.54 Å². The highest BCUT2D eigenvalue weighted by Crippen LogP contribution is 2.28. The lowest BCUT2D eigenvalue weighted by Crippen LogP contribution is -2.34. The van der Waals surface area contributed by atoms with Crippen LogP contribution in [0.5, 0.6) is 0 Å². The Kier molecular flexibility index (Phi) is 3.80. The number of alkyl halides is 1. The van der Waals surface area contributed by atoms with E-state index in [-0.39, 0.29) is 6.04 Å². The Morgan fingerprint density at radius 2 is 2.35 bits per heavy atom. The molecule has 0 amide bonds. The van der Waals surface area contributed by atoms with E-state index in [0.29, 0.717) is 17.3 Å². The highest BCUT2D eigenvalue weighted by molar-refractivity contribution is 7.89. The number of sulfonamides is 1. The number of halogens is 1. The zero-order valence-corrected chi connectivity index (χ0v) is 11.4. The molecule has 1 N–H and O–H groups in total. The van der Waals surface area contributed by atoms with Gasteiger partial charge in [0.15, 0.2) is 0 Å². The molecule has 2 rings (SSSR count). The predicted molar refractivity (Wildman–Crippen MR) is 67.6 cm³/mol. The second kappa shape index (κ2) is 5.00. The molecule has 1 fully saturated rings. The van der Waals surface area contributed by atoms with Gasteiger partial charge >= 0.3 is 0 Å². The highest BCUT2D eigenvalue weighted by Gasteiger charge is 2.34. The Labute approximate surface area is 107 Å². The normalized spacial score (nSPS) is 22.1. The fraction of sp³-hybridized carbons (Fsp3) is 0.636. The average molecular weight is 277 g/mol. The third-order valence-corrected chi connectivity index (χ3v) is 5.48. The van der Waals surface area contributed by atoms with Gasteiger partial charge in [0.05, 0.1) is 10.8 Å². The quantitative estimate of drug-likeness (QED) is 0.858. The molecule has 2 heterocycles. The molecular weight excluding hydrogens is 260 g/mol. The molecule has 1 unspecified atom stereocenters. The summed E-state index contributed by atoms with van der Waals surface area (Å²) in [6.07, 6.45) is 4.30. The molecular formula is C11H17ClN2O2S. The molecule has 1 saturated heterocycles. The molecule has 0 aromatic carbocycles. The molecule has 0 bridgehead atoms. The maximum absolute atomic E-state index is 12.4. The summed E-state index contributed by atoms with van der Waals surface area (Å²) in [6, 6.07) is 1.77. The van der Waals surface area contributed by atoms with E-state index < -0.39 is 10.0 Å². The van der Waals surface area contributed by atoms with E-state index in [1.807, 2.05) is 6.92 Å². The number of aromatic nitrogens is 1. The van der Waals surface area contributed by atoms with Crippen molar-refractivity contribution >= 4 is 21.6 Å². The van der Waals surface area contributed by atoms with E-state index in [9.17, 15) is 8.42 Å². The van der Waals surface area contributed by atoms with Crippen LogP contribution in [0.1, 0.15) is 31.9 Å². The molecule has 0 saturated carbocycles. The van der Waals surface area contributed by atoms with Gasteiger partial charge in [-0.25, -0.2) is 8.42 Å². The van der Waals surface area contributed by atoms with Crippen LogP contribution in [-0.2, 0) is 15.9 Å². The average Bonchev–Trinajstić information content (AvgIpc) is 2.97. The van der Waals surface area contributed by atoms with Crippen LogP contribution in [0.4, 0.5) is 0 Å². The molecule has 1 aliphatic rings. The first kappa shape index (κ1) is 12.9. The van der Waals surface area contributed by atoms with Gasteiger partial charge in [-0.2, -0.15) is 4.31 Å². The summed E-state index contributed by atoms with van der Waals surface area (Å²) in [5, 5.41) is 0. The van der Waals surface area contributed by atoms with Crippen LogP contribution in [0.25, 0.3) is 0 Å². The van der Waals surface area contributed by atoms with Crippen LogP contribution in [0.2, 0.25) is 0 Å². The van der Waals surface area contributed by atoms with Gasteiger partial charge < -0.3 is 4.98 Å². The molecule has 1 aliphatic heterocycles. The van der Waals surface area contributed by atoms with Crippen molar-refractivity contribution in [3.05, 3.63) is 18.0 Å². The van der Waals surface area contributed by atoms with Crippen molar-refractivity contribution in [1.29, 1.82) is 0 Å². The van der Waals surface area contributed by atoms with Gasteiger partial charge in [0, 0.05) is 24.5 Å². The summed E-state index contributed by atoms with van der Waals surface area (Å²) >= 11 is 5.67. The van der Waals surface area contributed by atoms with Gasteiger partial charge in [-0.05, 0) is 25.3 Å². The van der Waals surface area contributed by atoms with Gasteiger partial charge in [0.2, 0.25) is 10.0 Å². The van der Waals surface area contributed by atoms with Crippen molar-refractivity contribution in [1.82, 2.24) is 9.29 Å². The van der Waals surface area contributed by atoms with Crippen LogP contribution in [-0.4, -0.2) is 30.3 Å². The van der Waals surface area contributed by atoms with E-state index in [4.69, 9.17) is 11.6 Å². The van der Waals surface area contributed by atoms with Crippen LogP contribution in [0.15, 0.2) is 17.2 Å². The van der Waals surface area contributed by atoms with E-state index in [2.05, 4.69) is 4.98 Å². The highest BCUT2D eigenvalue weighted by atomic mass is 35.5. The van der Waals surface area contributed by atoms with Crippen molar-refractivity contribution < 1.29 is 8.42 Å². The lowest BCUT2D eigenvalue weighted by atomic mass is 10.2. The predicted octanol–water partition coefficient (Wildman–Crippen LogP) is 2.32. The van der Waals surface area contributed by atoms with Crippen LogP contribution in [0.3, 0.4) is 0 Å². The van der Waals surface area contributed by atoms with Crippen molar-refractivity contribution in [2.45, 2.75) is 43.0 Å². The van der Waals surface area contributed by atoms with Gasteiger partial charge in [-0.15, -0.1) is 11.6 Å². The molecule has 1 atom stereocenters. The van der Waals surface area contributed by atoms with E-state index in [0.717, 1.165) is 25.0 Å². The largest absolute Gasteiger partial charge is 0.363 e. The van der Waals surface area contributed by atoms with Crippen molar-refractivity contribution in [3.63, 3.8) is 0 Å². The smallest absolute Gasteiger partial charge is 0.244 e. The van der Waals surface area contributed by atoms with Gasteiger partial charge in [0.1, 0.15) is 0 Å². The number of nitrogens with one attached hydrogen (secondary N) is 1. The number of aromatic amines is 1. The third-order valence-electron chi connectivity index (χ3n) is 3.26. The minimum atomic E-state index is -3.35. The first-order chi connectivity index (χ1) is 8.09. The molecule has 0 radical (unpaired) electrons. The second-order valence-corrected chi connectivity index (χ2v) is 6.47. The van der Waals surface area contributed by atoms with Crippen LogP contribution >= 0.6 is 11.6 Å². The molecule has 6 heteroatoms. The minimum absolute atomic E-state index is 0.148. The Hall–Kier alpha value is -0.520. The molecule has 0 spiro atoms. The van der Waals surface area contributed by atoms with Gasteiger partial charge in [0.25, 0.3) is 0 Å². The zero-order valence-electron chi connectivity index (χ0n) is 9.82. The number of H-pyrrole nitrogens is 1. The lowest BCUT2D eigenvalue weighted by Gasteiger charge is -2.22. The first-order valence-electron chi connectivity index (χ1n) is 5.84. The van der Waals surface area contributed by atoms with E-state index >= 15 is 0 Å². The van der Waals surface area contributed by atoms with Crippen molar-refractivity contribution in [3.8, 4) is 0 Å². The summed E-state index contributed by atoms with van der Waals surface area (Å²) < 4.78 is 26.4. The number of nitrogens with zero attached hydrogens (tertiary/aromatic N) is 1. The summed E-state index contributed by atoms with van der Waals surface area (Å²) in [5.41, 5.74) is 0.734. The summed E-state index contributed by atoms with van der Waals surface area (Å²) in [5.74, 6) is 0.298. The standard InChI is InChI=1S/C11H17ClN2O2S/c1-2-10-4-3-5-14(10)17(15,16)11-6-9(7-12)13-8-11/h6,8,10,13H,2-5,7H2,1H3. The Morgan fingerprint density at radius 3 is 2.94 bits per heavy atom. The monoisotopic (exact) mass is 276 g/mol. The molecule has 4 nitrogen and oxygen atoms in total. The number of hydrogen-bond acceptors (Lipinski definition) is 2. The van der Waals surface area contributed by atoms with Gasteiger partial charge in [-0.3, -0.25) is 0 Å². The van der Waals surface area contributed by atoms with E-state index in [1.165, 1.54) is 6.20 Å². The Morgan fingerprint density at radius 1 is 1.59 bits per heavy atom. The topological polar surface area (TPSA) is 53.2 Å². The Bertz CT molecular complexity index is 483. The molecule has 1 aromatic rings.